The van der Waals surface area contributed by atoms with Gasteiger partial charge >= 0.3 is 5.97 Å². The molecule has 0 atom stereocenters. The summed E-state index contributed by atoms with van der Waals surface area (Å²) in [6, 6.07) is 12.7. The van der Waals surface area contributed by atoms with Crippen LogP contribution >= 0.6 is 11.6 Å². The summed E-state index contributed by atoms with van der Waals surface area (Å²) >= 11 is 5.91. The predicted molar refractivity (Wildman–Crippen MR) is 87.7 cm³/mol. The van der Waals surface area contributed by atoms with Gasteiger partial charge in [-0.1, -0.05) is 11.6 Å². The third-order valence-electron chi connectivity index (χ3n) is 3.24. The Morgan fingerprint density at radius 1 is 1.17 bits per heavy atom. The Morgan fingerprint density at radius 3 is 2.46 bits per heavy atom. The van der Waals surface area contributed by atoms with Crippen LogP contribution in [0.15, 0.2) is 48.5 Å². The maximum absolute atomic E-state index is 13.2. The highest BCUT2D eigenvalue weighted by Crippen LogP contribution is 2.23. The van der Waals surface area contributed by atoms with Gasteiger partial charge < -0.3 is 4.74 Å². The number of carbonyl (C=O) groups excluding carboxylic acids is 1. The largest absolute Gasteiger partial charge is 0.460 e. The quantitative estimate of drug-likeness (QED) is 0.673. The molecule has 5 nitrogen and oxygen atoms in total. The summed E-state index contributed by atoms with van der Waals surface area (Å²) < 4.78 is 19.6. The molecule has 0 amide bonds. The van der Waals surface area contributed by atoms with Gasteiger partial charge in [0, 0.05) is 10.6 Å². The second-order valence-corrected chi connectivity index (χ2v) is 5.31. The molecule has 122 valence electrons. The first-order valence-corrected chi connectivity index (χ1v) is 7.62. The van der Waals surface area contributed by atoms with E-state index >= 15 is 0 Å². The Bertz CT molecular complexity index is 798. The van der Waals surface area contributed by atoms with Crippen molar-refractivity contribution in [2.24, 2.45) is 0 Å². The van der Waals surface area contributed by atoms with E-state index in [-0.39, 0.29) is 18.2 Å². The van der Waals surface area contributed by atoms with E-state index in [1.54, 1.807) is 43.3 Å². The molecule has 0 spiro atoms. The van der Waals surface area contributed by atoms with Gasteiger partial charge in [-0.2, -0.15) is 0 Å². The predicted octanol–water partition coefficient (Wildman–Crippen LogP) is 3.90. The number of carbonyl (C=O) groups is 1. The maximum Gasteiger partial charge on any atom is 0.378 e. The van der Waals surface area contributed by atoms with Crippen molar-refractivity contribution in [1.29, 1.82) is 0 Å². The molecule has 0 fully saturated rings. The second kappa shape index (κ2) is 6.80. The van der Waals surface area contributed by atoms with Gasteiger partial charge in [-0.05, 0) is 55.5 Å². The lowest BCUT2D eigenvalue weighted by Gasteiger charge is -2.06. The Hall–Kier alpha value is -2.73. The number of hydrogen-bond donors (Lipinski definition) is 0. The Balaban J connectivity index is 2.12. The summed E-state index contributed by atoms with van der Waals surface area (Å²) in [6.07, 6.45) is 0. The lowest BCUT2D eigenvalue weighted by molar-refractivity contribution is 0.0512. The fourth-order valence-corrected chi connectivity index (χ4v) is 2.27. The number of rotatable bonds is 4. The average Bonchev–Trinajstić information content (AvgIpc) is 3.02. The lowest BCUT2D eigenvalue weighted by atomic mass is 10.2. The fourth-order valence-electron chi connectivity index (χ4n) is 2.14. The van der Waals surface area contributed by atoms with Gasteiger partial charge in [0.2, 0.25) is 0 Å². The van der Waals surface area contributed by atoms with Crippen LogP contribution in [0.3, 0.4) is 0 Å². The number of esters is 1. The molecule has 0 saturated carbocycles. The molecule has 3 aromatic rings. The summed E-state index contributed by atoms with van der Waals surface area (Å²) in [6.45, 7) is 1.93. The number of ether oxygens (including phenoxy) is 1. The van der Waals surface area contributed by atoms with Crippen molar-refractivity contribution >= 4 is 17.6 Å². The average molecular weight is 346 g/mol. The van der Waals surface area contributed by atoms with Crippen molar-refractivity contribution in [1.82, 2.24) is 14.8 Å². The van der Waals surface area contributed by atoms with E-state index in [0.29, 0.717) is 22.1 Å². The standard InChI is InChI=1S/C17H13ClFN3O2/c1-2-24-17(23)15-20-16(11-3-5-12(18)6-4-11)22(21-15)14-9-7-13(19)8-10-14/h3-10H,2H2,1H3. The van der Waals surface area contributed by atoms with Gasteiger partial charge in [0.25, 0.3) is 5.82 Å². The fraction of sp³-hybridized carbons (Fsp3) is 0.118. The van der Waals surface area contributed by atoms with Crippen LogP contribution in [0.25, 0.3) is 17.1 Å². The lowest BCUT2D eigenvalue weighted by Crippen LogP contribution is -2.07. The van der Waals surface area contributed by atoms with Crippen LogP contribution < -0.4 is 0 Å². The zero-order chi connectivity index (χ0) is 17.1. The summed E-state index contributed by atoms with van der Waals surface area (Å²) in [5.74, 6) is -0.612. The number of benzene rings is 2. The van der Waals surface area contributed by atoms with Gasteiger partial charge in [-0.15, -0.1) is 5.10 Å². The summed E-state index contributed by atoms with van der Waals surface area (Å²) in [4.78, 5) is 16.2. The number of hydrogen-bond acceptors (Lipinski definition) is 4. The van der Waals surface area contributed by atoms with Crippen LogP contribution in [0.2, 0.25) is 5.02 Å². The van der Waals surface area contributed by atoms with E-state index in [0.717, 1.165) is 0 Å². The minimum atomic E-state index is -0.617. The van der Waals surface area contributed by atoms with E-state index in [4.69, 9.17) is 16.3 Å². The molecule has 0 saturated heterocycles. The zero-order valence-electron chi connectivity index (χ0n) is 12.7. The Labute approximate surface area is 142 Å². The summed E-state index contributed by atoms with van der Waals surface area (Å²) in [7, 11) is 0. The first kappa shape index (κ1) is 16.1. The highest BCUT2D eigenvalue weighted by Gasteiger charge is 2.19. The second-order valence-electron chi connectivity index (χ2n) is 4.87. The van der Waals surface area contributed by atoms with Crippen LogP contribution in [-0.2, 0) is 4.74 Å². The molecule has 2 aromatic carbocycles. The van der Waals surface area contributed by atoms with Crippen molar-refractivity contribution in [2.75, 3.05) is 6.61 Å². The number of nitrogens with zero attached hydrogens (tertiary/aromatic N) is 3. The molecule has 1 aromatic heterocycles. The van der Waals surface area contributed by atoms with Gasteiger partial charge in [0.05, 0.1) is 12.3 Å². The van der Waals surface area contributed by atoms with Crippen molar-refractivity contribution in [2.45, 2.75) is 6.92 Å². The van der Waals surface area contributed by atoms with Gasteiger partial charge in [0.1, 0.15) is 5.82 Å². The van der Waals surface area contributed by atoms with Crippen LogP contribution in [-0.4, -0.2) is 27.3 Å². The molecule has 0 N–H and O–H groups in total. The first-order valence-electron chi connectivity index (χ1n) is 7.24. The Kier molecular flexibility index (Phi) is 4.57. The van der Waals surface area contributed by atoms with E-state index in [1.807, 2.05) is 0 Å². The first-order chi connectivity index (χ1) is 11.6. The monoisotopic (exact) mass is 345 g/mol. The molecule has 0 bridgehead atoms. The zero-order valence-corrected chi connectivity index (χ0v) is 13.5. The summed E-state index contributed by atoms with van der Waals surface area (Å²) in [5, 5.41) is 4.78. The minimum Gasteiger partial charge on any atom is -0.460 e. The van der Waals surface area contributed by atoms with E-state index in [1.165, 1.54) is 16.8 Å². The van der Waals surface area contributed by atoms with Crippen molar-refractivity contribution in [3.8, 4) is 17.1 Å². The van der Waals surface area contributed by atoms with Crippen molar-refractivity contribution in [3.05, 3.63) is 65.2 Å². The SMILES string of the molecule is CCOC(=O)c1nc(-c2ccc(Cl)cc2)n(-c2ccc(F)cc2)n1. The molecule has 1 heterocycles. The molecule has 0 radical (unpaired) electrons. The third-order valence-corrected chi connectivity index (χ3v) is 3.49. The van der Waals surface area contributed by atoms with Gasteiger partial charge in [0.15, 0.2) is 5.82 Å². The van der Waals surface area contributed by atoms with E-state index in [2.05, 4.69) is 10.1 Å². The molecule has 7 heteroatoms. The highest BCUT2D eigenvalue weighted by molar-refractivity contribution is 6.30. The molecule has 3 rings (SSSR count). The number of aromatic nitrogens is 3. The van der Waals surface area contributed by atoms with Crippen LogP contribution in [0.5, 0.6) is 0 Å². The van der Waals surface area contributed by atoms with E-state index < -0.39 is 5.97 Å². The van der Waals surface area contributed by atoms with Gasteiger partial charge in [-0.25, -0.2) is 18.9 Å². The third kappa shape index (κ3) is 3.28. The molecule has 0 aliphatic carbocycles. The topological polar surface area (TPSA) is 57.0 Å². The normalized spacial score (nSPS) is 10.6. The van der Waals surface area contributed by atoms with Crippen molar-refractivity contribution in [3.63, 3.8) is 0 Å². The summed E-state index contributed by atoms with van der Waals surface area (Å²) in [5.41, 5.74) is 1.29. The van der Waals surface area contributed by atoms with Crippen molar-refractivity contribution < 1.29 is 13.9 Å². The molecular formula is C17H13ClFN3O2. The van der Waals surface area contributed by atoms with Crippen LogP contribution in [0.4, 0.5) is 4.39 Å². The molecule has 0 aliphatic rings. The van der Waals surface area contributed by atoms with E-state index in [9.17, 15) is 9.18 Å². The Morgan fingerprint density at radius 2 is 1.83 bits per heavy atom. The van der Waals surface area contributed by atoms with Crippen LogP contribution in [0, 0.1) is 5.82 Å². The van der Waals surface area contributed by atoms with Crippen LogP contribution in [0.1, 0.15) is 17.5 Å². The smallest absolute Gasteiger partial charge is 0.378 e. The molecule has 0 aliphatic heterocycles. The molecule has 24 heavy (non-hydrogen) atoms. The highest BCUT2D eigenvalue weighted by atomic mass is 35.5. The minimum absolute atomic E-state index is 0.0638. The molecule has 0 unspecified atom stereocenters. The number of halogens is 2. The maximum atomic E-state index is 13.2. The molecular weight excluding hydrogens is 333 g/mol. The van der Waals surface area contributed by atoms with Gasteiger partial charge in [-0.3, -0.25) is 0 Å².